The number of hydrogen-bond donors (Lipinski definition) is 2. The molecule has 0 saturated carbocycles. The maximum absolute atomic E-state index is 13.3. The molecule has 1 aliphatic rings. The average molecular weight is 413 g/mol. The van der Waals surface area contributed by atoms with Crippen LogP contribution in [0.3, 0.4) is 0 Å². The van der Waals surface area contributed by atoms with Crippen LogP contribution in [0, 0.1) is 5.82 Å². The monoisotopic (exact) mass is 412 g/mol. The van der Waals surface area contributed by atoms with Gasteiger partial charge in [-0.25, -0.2) is 4.39 Å². The molecular formula is C23H22ClFN2S. The second-order valence-electron chi connectivity index (χ2n) is 7.41. The molecule has 1 heterocycles. The maximum atomic E-state index is 13.3. The van der Waals surface area contributed by atoms with Crippen LogP contribution in [0.1, 0.15) is 18.1 Å². The molecule has 0 aromatic heterocycles. The summed E-state index contributed by atoms with van der Waals surface area (Å²) in [4.78, 5) is 1.32. The summed E-state index contributed by atoms with van der Waals surface area (Å²) in [6.45, 7) is 3.70. The van der Waals surface area contributed by atoms with Gasteiger partial charge in [0.2, 0.25) is 0 Å². The fourth-order valence-corrected chi connectivity index (χ4v) is 4.98. The molecule has 0 aliphatic carbocycles. The number of fused-ring (bicyclic) bond motifs is 1. The van der Waals surface area contributed by atoms with Gasteiger partial charge in [0.1, 0.15) is 5.82 Å². The first-order valence-electron chi connectivity index (χ1n) is 9.27. The fraction of sp³-hybridized carbons (Fsp3) is 0.217. The molecule has 5 heteroatoms. The average Bonchev–Trinajstić information content (AvgIpc) is 3.02. The predicted molar refractivity (Wildman–Crippen MR) is 118 cm³/mol. The van der Waals surface area contributed by atoms with Crippen molar-refractivity contribution in [2.24, 2.45) is 0 Å². The third kappa shape index (κ3) is 4.29. The van der Waals surface area contributed by atoms with E-state index in [1.807, 2.05) is 36.0 Å². The van der Waals surface area contributed by atoms with E-state index < -0.39 is 0 Å². The molecule has 0 saturated heterocycles. The minimum atomic E-state index is -0.210. The van der Waals surface area contributed by atoms with E-state index in [-0.39, 0.29) is 11.2 Å². The van der Waals surface area contributed by atoms with Crippen molar-refractivity contribution in [2.45, 2.75) is 23.8 Å². The molecule has 0 amide bonds. The Morgan fingerprint density at radius 2 is 1.79 bits per heavy atom. The van der Waals surface area contributed by atoms with Gasteiger partial charge in [-0.3, -0.25) is 0 Å². The first-order chi connectivity index (χ1) is 13.5. The van der Waals surface area contributed by atoms with Crippen molar-refractivity contribution in [1.82, 2.24) is 0 Å². The lowest BCUT2D eigenvalue weighted by Gasteiger charge is -2.26. The van der Waals surface area contributed by atoms with Crippen molar-refractivity contribution >= 4 is 34.7 Å². The number of halogens is 2. The summed E-state index contributed by atoms with van der Waals surface area (Å²) in [5, 5.41) is 7.73. The van der Waals surface area contributed by atoms with Crippen LogP contribution >= 0.6 is 23.4 Å². The van der Waals surface area contributed by atoms with Crippen LogP contribution < -0.4 is 10.6 Å². The van der Waals surface area contributed by atoms with Gasteiger partial charge in [-0.05, 0) is 59.7 Å². The topological polar surface area (TPSA) is 24.1 Å². The Labute approximate surface area is 174 Å². The Hall–Kier alpha value is -2.17. The summed E-state index contributed by atoms with van der Waals surface area (Å²) < 4.78 is 13.3. The zero-order valence-electron chi connectivity index (χ0n) is 15.6. The number of nitrogens with one attached hydrogen (secondary N) is 2. The zero-order valence-corrected chi connectivity index (χ0v) is 17.2. The van der Waals surface area contributed by atoms with E-state index in [1.54, 1.807) is 12.1 Å². The molecule has 144 valence electrons. The summed E-state index contributed by atoms with van der Waals surface area (Å²) in [5.41, 5.74) is 4.34. The summed E-state index contributed by atoms with van der Waals surface area (Å²) in [6.07, 6.45) is 0. The number of rotatable bonds is 6. The zero-order chi connectivity index (χ0) is 19.6. The number of thioether (sulfide) groups is 1. The van der Waals surface area contributed by atoms with Crippen molar-refractivity contribution in [3.05, 3.63) is 88.7 Å². The number of hydrogen-bond acceptors (Lipinski definition) is 3. The minimum absolute atomic E-state index is 0.0376. The lowest BCUT2D eigenvalue weighted by atomic mass is 9.84. The molecule has 0 spiro atoms. The van der Waals surface area contributed by atoms with Crippen LogP contribution in [0.25, 0.3) is 0 Å². The first kappa shape index (κ1) is 19.2. The third-order valence-electron chi connectivity index (χ3n) is 5.07. The van der Waals surface area contributed by atoms with Gasteiger partial charge in [0.25, 0.3) is 0 Å². The maximum Gasteiger partial charge on any atom is 0.123 e. The molecule has 1 aliphatic heterocycles. The van der Waals surface area contributed by atoms with Crippen molar-refractivity contribution in [3.63, 3.8) is 0 Å². The highest BCUT2D eigenvalue weighted by Crippen LogP contribution is 2.44. The Morgan fingerprint density at radius 3 is 2.61 bits per heavy atom. The molecule has 4 rings (SSSR count). The molecule has 1 atom stereocenters. The van der Waals surface area contributed by atoms with Gasteiger partial charge in [0.05, 0.1) is 0 Å². The minimum Gasteiger partial charge on any atom is -0.384 e. The summed E-state index contributed by atoms with van der Waals surface area (Å²) in [5.74, 6) is 0.825. The highest BCUT2D eigenvalue weighted by atomic mass is 35.5. The Morgan fingerprint density at radius 1 is 1.00 bits per heavy atom. The normalized spacial score (nSPS) is 18.0. The predicted octanol–water partition coefficient (Wildman–Crippen LogP) is 6.57. The van der Waals surface area contributed by atoms with Crippen LogP contribution in [-0.4, -0.2) is 12.3 Å². The fourth-order valence-electron chi connectivity index (χ4n) is 3.45. The van der Waals surface area contributed by atoms with Crippen molar-refractivity contribution in [2.75, 3.05) is 22.9 Å². The number of benzene rings is 3. The quantitative estimate of drug-likeness (QED) is 0.479. The van der Waals surface area contributed by atoms with E-state index in [4.69, 9.17) is 11.6 Å². The smallest absolute Gasteiger partial charge is 0.123 e. The van der Waals surface area contributed by atoms with E-state index in [0.29, 0.717) is 6.54 Å². The van der Waals surface area contributed by atoms with Gasteiger partial charge in [-0.1, -0.05) is 36.7 Å². The van der Waals surface area contributed by atoms with Gasteiger partial charge >= 0.3 is 0 Å². The van der Waals surface area contributed by atoms with Crippen LogP contribution in [-0.2, 0) is 12.0 Å². The molecular weight excluding hydrogens is 391 g/mol. The van der Waals surface area contributed by atoms with E-state index in [9.17, 15) is 4.39 Å². The second kappa shape index (κ2) is 8.06. The highest BCUT2D eigenvalue weighted by molar-refractivity contribution is 7.99. The summed E-state index contributed by atoms with van der Waals surface area (Å²) in [6, 6.07) is 21.0. The lowest BCUT2D eigenvalue weighted by molar-refractivity contribution is 0.571. The van der Waals surface area contributed by atoms with Gasteiger partial charge in [-0.2, -0.15) is 0 Å². The van der Waals surface area contributed by atoms with Gasteiger partial charge in [-0.15, -0.1) is 11.8 Å². The summed E-state index contributed by atoms with van der Waals surface area (Å²) in [7, 11) is 0. The Balaban J connectivity index is 1.41. The van der Waals surface area contributed by atoms with Gasteiger partial charge < -0.3 is 10.6 Å². The van der Waals surface area contributed by atoms with Crippen LogP contribution in [0.15, 0.2) is 71.6 Å². The van der Waals surface area contributed by atoms with E-state index in [0.717, 1.165) is 34.3 Å². The standard InChI is InChI=1S/C23H22ClFN2S/c1-23(15-28-22-9-8-17(24)11-21(22)23)14-27-20-7-3-6-19(12-20)26-13-16-4-2-5-18(25)10-16/h2-12,26-27H,13-15H2,1H3. The van der Waals surface area contributed by atoms with Crippen molar-refractivity contribution in [1.29, 1.82) is 0 Å². The molecule has 28 heavy (non-hydrogen) atoms. The molecule has 0 radical (unpaired) electrons. The summed E-state index contributed by atoms with van der Waals surface area (Å²) >= 11 is 8.11. The molecule has 0 fully saturated rings. The molecule has 1 unspecified atom stereocenters. The molecule has 2 nitrogen and oxygen atoms in total. The van der Waals surface area contributed by atoms with Crippen LogP contribution in [0.5, 0.6) is 0 Å². The molecule has 3 aromatic carbocycles. The van der Waals surface area contributed by atoms with Crippen molar-refractivity contribution < 1.29 is 4.39 Å². The van der Waals surface area contributed by atoms with Crippen LogP contribution in [0.4, 0.5) is 15.8 Å². The second-order valence-corrected chi connectivity index (χ2v) is 8.86. The SMILES string of the molecule is CC1(CNc2cccc(NCc3cccc(F)c3)c2)CSc2ccc(Cl)cc21. The van der Waals surface area contributed by atoms with Gasteiger partial charge in [0.15, 0.2) is 0 Å². The van der Waals surface area contributed by atoms with E-state index in [1.165, 1.54) is 16.5 Å². The molecule has 2 N–H and O–H groups in total. The van der Waals surface area contributed by atoms with E-state index >= 15 is 0 Å². The first-order valence-corrected chi connectivity index (χ1v) is 10.6. The van der Waals surface area contributed by atoms with Crippen LogP contribution in [0.2, 0.25) is 5.02 Å². The van der Waals surface area contributed by atoms with Crippen molar-refractivity contribution in [3.8, 4) is 0 Å². The highest BCUT2D eigenvalue weighted by Gasteiger charge is 2.35. The molecule has 0 bridgehead atoms. The van der Waals surface area contributed by atoms with Gasteiger partial charge in [0, 0.05) is 45.6 Å². The largest absolute Gasteiger partial charge is 0.384 e. The Bertz CT molecular complexity index is 994. The Kier molecular flexibility index (Phi) is 5.51. The lowest BCUT2D eigenvalue weighted by Crippen LogP contribution is -2.31. The number of anilines is 2. The van der Waals surface area contributed by atoms with E-state index in [2.05, 4.69) is 41.8 Å². The molecule has 3 aromatic rings. The third-order valence-corrected chi connectivity index (χ3v) is 6.75.